The summed E-state index contributed by atoms with van der Waals surface area (Å²) < 4.78 is 19.5. The fourth-order valence-corrected chi connectivity index (χ4v) is 3.78. The smallest absolute Gasteiger partial charge is 0.261 e. The van der Waals surface area contributed by atoms with Crippen molar-refractivity contribution in [1.82, 2.24) is 10.2 Å². The Balaban J connectivity index is 1.69. The molecule has 2 aromatic rings. The van der Waals surface area contributed by atoms with Gasteiger partial charge >= 0.3 is 0 Å². The predicted molar refractivity (Wildman–Crippen MR) is 116 cm³/mol. The fraction of sp³-hybridized carbons (Fsp3) is 0.391. The summed E-state index contributed by atoms with van der Waals surface area (Å²) in [5.74, 6) is -0.440. The molecule has 7 heteroatoms. The summed E-state index contributed by atoms with van der Waals surface area (Å²) >= 11 is 3.41. The van der Waals surface area contributed by atoms with Crippen LogP contribution in [0.3, 0.4) is 0 Å². The monoisotopic (exact) mass is 476 g/mol. The van der Waals surface area contributed by atoms with E-state index in [1.807, 2.05) is 24.3 Å². The molecule has 1 N–H and O–H groups in total. The third-order valence-electron chi connectivity index (χ3n) is 5.31. The number of halogens is 2. The van der Waals surface area contributed by atoms with Gasteiger partial charge in [-0.25, -0.2) is 4.39 Å². The van der Waals surface area contributed by atoms with Gasteiger partial charge < -0.3 is 15.0 Å². The van der Waals surface area contributed by atoms with Gasteiger partial charge in [-0.05, 0) is 61.7 Å². The molecule has 0 bridgehead atoms. The zero-order valence-corrected chi connectivity index (χ0v) is 18.5. The Bertz CT molecular complexity index is 852. The molecular formula is C23H26BrFN2O3. The molecule has 5 nitrogen and oxygen atoms in total. The molecule has 1 fully saturated rings. The zero-order chi connectivity index (χ0) is 21.5. The van der Waals surface area contributed by atoms with Crippen LogP contribution in [0.25, 0.3) is 0 Å². The van der Waals surface area contributed by atoms with Crippen molar-refractivity contribution in [3.63, 3.8) is 0 Å². The van der Waals surface area contributed by atoms with Crippen LogP contribution in [0.15, 0.2) is 53.0 Å². The van der Waals surface area contributed by atoms with E-state index < -0.39 is 6.04 Å². The van der Waals surface area contributed by atoms with E-state index in [2.05, 4.69) is 21.2 Å². The number of nitrogens with one attached hydrogen (secondary N) is 1. The van der Waals surface area contributed by atoms with Crippen molar-refractivity contribution < 1.29 is 18.7 Å². The van der Waals surface area contributed by atoms with Gasteiger partial charge in [-0.15, -0.1) is 0 Å². The molecule has 1 aliphatic rings. The first kappa shape index (κ1) is 22.3. The molecule has 3 rings (SSSR count). The summed E-state index contributed by atoms with van der Waals surface area (Å²) in [5, 5.41) is 3.07. The molecule has 0 saturated heterocycles. The molecule has 0 heterocycles. The van der Waals surface area contributed by atoms with E-state index in [-0.39, 0.29) is 36.8 Å². The van der Waals surface area contributed by atoms with Gasteiger partial charge in [0, 0.05) is 17.1 Å². The van der Waals surface area contributed by atoms with Crippen molar-refractivity contribution in [2.45, 2.75) is 51.2 Å². The molecule has 0 aromatic heterocycles. The Hall–Kier alpha value is -2.41. The lowest BCUT2D eigenvalue weighted by molar-refractivity contribution is -0.142. The summed E-state index contributed by atoms with van der Waals surface area (Å²) in [6.45, 7) is 1.79. The Morgan fingerprint density at radius 3 is 2.40 bits per heavy atom. The minimum atomic E-state index is -0.640. The second-order valence-corrected chi connectivity index (χ2v) is 8.47. The van der Waals surface area contributed by atoms with Crippen molar-refractivity contribution in [2.75, 3.05) is 6.61 Å². The number of hydrogen-bond acceptors (Lipinski definition) is 3. The molecule has 160 valence electrons. The van der Waals surface area contributed by atoms with E-state index >= 15 is 0 Å². The van der Waals surface area contributed by atoms with E-state index in [9.17, 15) is 14.0 Å². The normalized spacial score (nSPS) is 14.9. The lowest BCUT2D eigenvalue weighted by Crippen LogP contribution is -2.50. The molecule has 0 spiro atoms. The van der Waals surface area contributed by atoms with Crippen molar-refractivity contribution in [1.29, 1.82) is 0 Å². The standard InChI is InChI=1S/C23H26BrFN2O3/c1-16(23(29)26-20-4-2-3-5-20)27(14-17-6-8-18(24)9-7-17)22(28)15-30-21-12-10-19(25)11-13-21/h6-13,16,20H,2-5,14-15H2,1H3,(H,26,29). The number of amides is 2. The van der Waals surface area contributed by atoms with Gasteiger partial charge in [-0.2, -0.15) is 0 Å². The van der Waals surface area contributed by atoms with Crippen molar-refractivity contribution in [3.05, 3.63) is 64.4 Å². The molecule has 0 radical (unpaired) electrons. The predicted octanol–water partition coefficient (Wildman–Crippen LogP) is 4.44. The average Bonchev–Trinajstić information content (AvgIpc) is 3.25. The van der Waals surface area contributed by atoms with Crippen LogP contribution < -0.4 is 10.1 Å². The minimum absolute atomic E-state index is 0.158. The number of ether oxygens (including phenoxy) is 1. The van der Waals surface area contributed by atoms with Crippen molar-refractivity contribution in [2.24, 2.45) is 0 Å². The minimum Gasteiger partial charge on any atom is -0.484 e. The third-order valence-corrected chi connectivity index (χ3v) is 5.84. The molecular weight excluding hydrogens is 451 g/mol. The Morgan fingerprint density at radius 2 is 1.77 bits per heavy atom. The molecule has 1 unspecified atom stereocenters. The lowest BCUT2D eigenvalue weighted by Gasteiger charge is -2.29. The summed E-state index contributed by atoms with van der Waals surface area (Å²) in [4.78, 5) is 27.3. The molecule has 2 aromatic carbocycles. The lowest BCUT2D eigenvalue weighted by atomic mass is 10.1. The highest BCUT2D eigenvalue weighted by atomic mass is 79.9. The van der Waals surface area contributed by atoms with Crippen molar-refractivity contribution >= 4 is 27.7 Å². The number of benzene rings is 2. The first-order valence-corrected chi connectivity index (χ1v) is 10.9. The number of carbonyl (C=O) groups excluding carboxylic acids is 2. The van der Waals surface area contributed by atoms with E-state index in [4.69, 9.17) is 4.74 Å². The van der Waals surface area contributed by atoms with E-state index in [1.165, 1.54) is 29.2 Å². The van der Waals surface area contributed by atoms with Crippen LogP contribution in [-0.4, -0.2) is 35.4 Å². The quantitative estimate of drug-likeness (QED) is 0.612. The van der Waals surface area contributed by atoms with Crippen LogP contribution in [0.1, 0.15) is 38.2 Å². The second kappa shape index (κ2) is 10.6. The van der Waals surface area contributed by atoms with Crippen LogP contribution in [0.2, 0.25) is 0 Å². The summed E-state index contributed by atoms with van der Waals surface area (Å²) in [6, 6.07) is 12.6. The van der Waals surface area contributed by atoms with E-state index in [0.29, 0.717) is 5.75 Å². The molecule has 30 heavy (non-hydrogen) atoms. The highest BCUT2D eigenvalue weighted by Gasteiger charge is 2.28. The maximum absolute atomic E-state index is 13.1. The molecule has 1 aliphatic carbocycles. The van der Waals surface area contributed by atoms with E-state index in [1.54, 1.807) is 6.92 Å². The first-order chi connectivity index (χ1) is 14.4. The van der Waals surface area contributed by atoms with Crippen LogP contribution in [0, 0.1) is 5.82 Å². The third kappa shape index (κ3) is 6.29. The van der Waals surface area contributed by atoms with Gasteiger partial charge in [0.2, 0.25) is 5.91 Å². The van der Waals surface area contributed by atoms with Crippen LogP contribution in [-0.2, 0) is 16.1 Å². The molecule has 0 aliphatic heterocycles. The number of nitrogens with zero attached hydrogens (tertiary/aromatic N) is 1. The Kier molecular flexibility index (Phi) is 7.85. The van der Waals surface area contributed by atoms with Gasteiger partial charge in [0.05, 0.1) is 0 Å². The van der Waals surface area contributed by atoms with Crippen LogP contribution >= 0.6 is 15.9 Å². The maximum atomic E-state index is 13.1. The molecule has 1 saturated carbocycles. The number of hydrogen-bond donors (Lipinski definition) is 1. The first-order valence-electron chi connectivity index (χ1n) is 10.1. The number of carbonyl (C=O) groups is 2. The Morgan fingerprint density at radius 1 is 1.13 bits per heavy atom. The van der Waals surface area contributed by atoms with Gasteiger partial charge in [0.25, 0.3) is 5.91 Å². The highest BCUT2D eigenvalue weighted by molar-refractivity contribution is 9.10. The summed E-state index contributed by atoms with van der Waals surface area (Å²) in [6.07, 6.45) is 4.19. The topological polar surface area (TPSA) is 58.6 Å². The SMILES string of the molecule is CC(C(=O)NC1CCCC1)N(Cc1ccc(Br)cc1)C(=O)COc1ccc(F)cc1. The van der Waals surface area contributed by atoms with Gasteiger partial charge in [0.15, 0.2) is 6.61 Å². The van der Waals surface area contributed by atoms with Crippen LogP contribution in [0.5, 0.6) is 5.75 Å². The van der Waals surface area contributed by atoms with Gasteiger partial charge in [-0.1, -0.05) is 40.9 Å². The fourth-order valence-electron chi connectivity index (χ4n) is 3.52. The van der Waals surface area contributed by atoms with Gasteiger partial charge in [-0.3, -0.25) is 9.59 Å². The molecule has 1 atom stereocenters. The largest absolute Gasteiger partial charge is 0.484 e. The van der Waals surface area contributed by atoms with E-state index in [0.717, 1.165) is 35.7 Å². The zero-order valence-electron chi connectivity index (χ0n) is 16.9. The van der Waals surface area contributed by atoms with Crippen molar-refractivity contribution in [3.8, 4) is 5.75 Å². The van der Waals surface area contributed by atoms with Crippen LogP contribution in [0.4, 0.5) is 4.39 Å². The average molecular weight is 477 g/mol. The highest BCUT2D eigenvalue weighted by Crippen LogP contribution is 2.19. The maximum Gasteiger partial charge on any atom is 0.261 e. The molecule has 2 amide bonds. The van der Waals surface area contributed by atoms with Gasteiger partial charge in [0.1, 0.15) is 17.6 Å². The summed E-state index contributed by atoms with van der Waals surface area (Å²) in [7, 11) is 0. The number of rotatable bonds is 8. The Labute approximate surface area is 184 Å². The second-order valence-electron chi connectivity index (χ2n) is 7.56. The summed E-state index contributed by atoms with van der Waals surface area (Å²) in [5.41, 5.74) is 0.911.